The molecule has 0 nitrogen and oxygen atoms in total. The molecule has 0 bridgehead atoms. The van der Waals surface area contributed by atoms with Crippen LogP contribution in [0.2, 0.25) is 0 Å². The predicted octanol–water partition coefficient (Wildman–Crippen LogP) is 3.30. The monoisotopic (exact) mass is 234 g/mol. The summed E-state index contributed by atoms with van der Waals surface area (Å²) < 4.78 is 0. The highest BCUT2D eigenvalue weighted by Gasteiger charge is 2.57. The third-order valence-electron chi connectivity index (χ3n) is 3.43. The van der Waals surface area contributed by atoms with E-state index in [1.54, 1.807) is 0 Å². The lowest BCUT2D eigenvalue weighted by atomic mass is 9.94. The number of thioether (sulfide) groups is 1. The molecule has 11 heavy (non-hydrogen) atoms. The lowest BCUT2D eigenvalue weighted by Crippen LogP contribution is -2.23. The van der Waals surface area contributed by atoms with E-state index in [1.165, 1.54) is 30.3 Å². The topological polar surface area (TPSA) is 0 Å². The van der Waals surface area contributed by atoms with Gasteiger partial charge >= 0.3 is 0 Å². The first-order valence-electron chi connectivity index (χ1n) is 4.47. The minimum Gasteiger partial charge on any atom is -0.158 e. The summed E-state index contributed by atoms with van der Waals surface area (Å²) in [4.78, 5) is 0. The fourth-order valence-corrected chi connectivity index (χ4v) is 4.72. The van der Waals surface area contributed by atoms with Crippen molar-refractivity contribution in [2.45, 2.75) is 31.4 Å². The number of halogens is 1. The van der Waals surface area contributed by atoms with E-state index in [0.717, 1.165) is 16.6 Å². The summed E-state index contributed by atoms with van der Waals surface area (Å²) in [5.74, 6) is 2.41. The molecule has 0 N–H and O–H groups in total. The van der Waals surface area contributed by atoms with Gasteiger partial charge in [-0.25, -0.2) is 0 Å². The predicted molar refractivity (Wildman–Crippen MR) is 55.5 cm³/mol. The van der Waals surface area contributed by atoms with Gasteiger partial charge in [-0.15, -0.1) is 0 Å². The van der Waals surface area contributed by atoms with Crippen LogP contribution in [0.25, 0.3) is 0 Å². The summed E-state index contributed by atoms with van der Waals surface area (Å²) in [6.07, 6.45) is 4.45. The van der Waals surface area contributed by atoms with Crippen LogP contribution in [-0.2, 0) is 0 Å². The molecule has 2 aliphatic rings. The maximum absolute atomic E-state index is 3.60. The maximum atomic E-state index is 3.60. The van der Waals surface area contributed by atoms with Crippen molar-refractivity contribution < 1.29 is 0 Å². The van der Waals surface area contributed by atoms with Crippen LogP contribution in [0.1, 0.15) is 26.2 Å². The van der Waals surface area contributed by atoms with Crippen LogP contribution in [0.4, 0.5) is 0 Å². The van der Waals surface area contributed by atoms with Crippen molar-refractivity contribution in [2.24, 2.45) is 11.3 Å². The minimum absolute atomic E-state index is 0.770. The van der Waals surface area contributed by atoms with Crippen LogP contribution in [0.15, 0.2) is 0 Å². The zero-order valence-electron chi connectivity index (χ0n) is 6.98. The van der Waals surface area contributed by atoms with Crippen molar-refractivity contribution in [1.82, 2.24) is 0 Å². The third kappa shape index (κ3) is 1.27. The highest BCUT2D eigenvalue weighted by molar-refractivity contribution is 9.09. The summed E-state index contributed by atoms with van der Waals surface area (Å²) in [5, 5.41) is 2.16. The molecule has 1 saturated heterocycles. The molecule has 2 fully saturated rings. The zero-order chi connectivity index (χ0) is 7.90. The molecular weight excluding hydrogens is 220 g/mol. The molecule has 64 valence electrons. The van der Waals surface area contributed by atoms with E-state index in [0.29, 0.717) is 0 Å². The van der Waals surface area contributed by atoms with Crippen molar-refractivity contribution in [1.29, 1.82) is 0 Å². The molecule has 1 heterocycles. The Morgan fingerprint density at radius 1 is 1.64 bits per heavy atom. The van der Waals surface area contributed by atoms with Crippen molar-refractivity contribution in [3.63, 3.8) is 0 Å². The molecule has 3 atom stereocenters. The second-order valence-corrected chi connectivity index (χ2v) is 6.00. The SMILES string of the molecule is CC1SCCCC12CC2CBr. The Morgan fingerprint density at radius 3 is 3.00 bits per heavy atom. The second kappa shape index (κ2) is 2.95. The molecule has 1 spiro atoms. The Kier molecular flexibility index (Phi) is 2.26. The van der Waals surface area contributed by atoms with Gasteiger partial charge in [0.05, 0.1) is 0 Å². The van der Waals surface area contributed by atoms with E-state index in [4.69, 9.17) is 0 Å². The van der Waals surface area contributed by atoms with Gasteiger partial charge in [0, 0.05) is 10.6 Å². The molecule has 1 aliphatic heterocycles. The number of hydrogen-bond acceptors (Lipinski definition) is 1. The average Bonchev–Trinajstić information content (AvgIpc) is 2.72. The maximum Gasteiger partial charge on any atom is 0.00782 e. The molecule has 3 unspecified atom stereocenters. The lowest BCUT2D eigenvalue weighted by molar-refractivity contribution is 0.411. The fraction of sp³-hybridized carbons (Fsp3) is 1.00. The zero-order valence-corrected chi connectivity index (χ0v) is 9.38. The summed E-state index contributed by atoms with van der Waals surface area (Å²) in [6, 6.07) is 0. The molecule has 0 aromatic heterocycles. The Bertz CT molecular complexity index is 160. The van der Waals surface area contributed by atoms with Crippen LogP contribution in [0.5, 0.6) is 0 Å². The van der Waals surface area contributed by atoms with Gasteiger partial charge in [0.2, 0.25) is 0 Å². The Morgan fingerprint density at radius 2 is 2.45 bits per heavy atom. The molecule has 1 saturated carbocycles. The van der Waals surface area contributed by atoms with E-state index >= 15 is 0 Å². The van der Waals surface area contributed by atoms with E-state index in [1.807, 2.05) is 0 Å². The van der Waals surface area contributed by atoms with Gasteiger partial charge < -0.3 is 0 Å². The van der Waals surface area contributed by atoms with Crippen molar-refractivity contribution >= 4 is 27.7 Å². The largest absolute Gasteiger partial charge is 0.158 e. The average molecular weight is 235 g/mol. The van der Waals surface area contributed by atoms with Gasteiger partial charge in [0.25, 0.3) is 0 Å². The third-order valence-corrected chi connectivity index (χ3v) is 5.71. The highest BCUT2D eigenvalue weighted by atomic mass is 79.9. The van der Waals surface area contributed by atoms with E-state index in [2.05, 4.69) is 34.6 Å². The normalized spacial score (nSPS) is 49.6. The molecule has 0 aromatic rings. The summed E-state index contributed by atoms with van der Waals surface area (Å²) >= 11 is 5.79. The highest BCUT2D eigenvalue weighted by Crippen LogP contribution is 2.63. The van der Waals surface area contributed by atoms with E-state index in [-0.39, 0.29) is 0 Å². The molecule has 2 heteroatoms. The first kappa shape index (κ1) is 8.43. The summed E-state index contributed by atoms with van der Waals surface area (Å²) in [6.45, 7) is 2.42. The number of rotatable bonds is 1. The van der Waals surface area contributed by atoms with Gasteiger partial charge in [0.15, 0.2) is 0 Å². The Balaban J connectivity index is 2.01. The first-order chi connectivity index (χ1) is 5.29. The molecule has 0 radical (unpaired) electrons. The van der Waals surface area contributed by atoms with E-state index < -0.39 is 0 Å². The van der Waals surface area contributed by atoms with Crippen molar-refractivity contribution in [3.05, 3.63) is 0 Å². The number of hydrogen-bond donors (Lipinski definition) is 0. The molecule has 0 amide bonds. The van der Waals surface area contributed by atoms with Gasteiger partial charge in [-0.05, 0) is 36.3 Å². The smallest absolute Gasteiger partial charge is 0.00782 e. The summed E-state index contributed by atoms with van der Waals surface area (Å²) in [5.41, 5.74) is 0.770. The first-order valence-corrected chi connectivity index (χ1v) is 6.64. The molecular formula is C9H15BrS. The second-order valence-electron chi connectivity index (χ2n) is 3.91. The van der Waals surface area contributed by atoms with Gasteiger partial charge in [-0.3, -0.25) is 0 Å². The van der Waals surface area contributed by atoms with Crippen molar-refractivity contribution in [3.8, 4) is 0 Å². The molecule has 1 aliphatic carbocycles. The Labute approximate surface area is 81.6 Å². The van der Waals surface area contributed by atoms with Crippen LogP contribution < -0.4 is 0 Å². The summed E-state index contributed by atoms with van der Waals surface area (Å²) in [7, 11) is 0. The van der Waals surface area contributed by atoms with Crippen LogP contribution in [0, 0.1) is 11.3 Å². The van der Waals surface area contributed by atoms with E-state index in [9.17, 15) is 0 Å². The van der Waals surface area contributed by atoms with Gasteiger partial charge in [0.1, 0.15) is 0 Å². The lowest BCUT2D eigenvalue weighted by Gasteiger charge is -2.29. The van der Waals surface area contributed by atoms with Gasteiger partial charge in [-0.2, -0.15) is 11.8 Å². The minimum atomic E-state index is 0.770. The Hall–Kier alpha value is 0.830. The van der Waals surface area contributed by atoms with Crippen molar-refractivity contribution in [2.75, 3.05) is 11.1 Å². The fourth-order valence-electron chi connectivity index (χ4n) is 2.44. The van der Waals surface area contributed by atoms with Crippen LogP contribution in [-0.4, -0.2) is 16.3 Å². The van der Waals surface area contributed by atoms with Gasteiger partial charge in [-0.1, -0.05) is 22.9 Å². The molecule has 2 rings (SSSR count). The standard InChI is InChI=1S/C9H15BrS/c1-7-9(3-2-4-11-7)5-8(9)6-10/h7-8H,2-6H2,1H3. The van der Waals surface area contributed by atoms with Crippen LogP contribution >= 0.6 is 27.7 Å². The number of alkyl halides is 1. The molecule has 0 aromatic carbocycles. The quantitative estimate of drug-likeness (QED) is 0.628. The van der Waals surface area contributed by atoms with Crippen LogP contribution in [0.3, 0.4) is 0 Å².